The maximum atomic E-state index is 12.4. The zero-order chi connectivity index (χ0) is 23.1. The van der Waals surface area contributed by atoms with Gasteiger partial charge in [-0.1, -0.05) is 11.3 Å². The second kappa shape index (κ2) is 11.2. The van der Waals surface area contributed by atoms with E-state index in [9.17, 15) is 19.2 Å². The first-order valence-electron chi connectivity index (χ1n) is 9.72. The molecule has 32 heavy (non-hydrogen) atoms. The van der Waals surface area contributed by atoms with Gasteiger partial charge in [0, 0.05) is 13.1 Å². The number of rotatable bonds is 7. The van der Waals surface area contributed by atoms with Crippen LogP contribution in [0.2, 0.25) is 0 Å². The summed E-state index contributed by atoms with van der Waals surface area (Å²) in [6, 6.07) is 4.87. The molecule has 0 N–H and O–H groups in total. The molecule has 1 fully saturated rings. The van der Waals surface area contributed by atoms with Gasteiger partial charge in [0.05, 0.1) is 54.7 Å². The normalized spacial score (nSPS) is 14.4. The average Bonchev–Trinajstić information content (AvgIpc) is 3.14. The minimum absolute atomic E-state index is 0.0238. The third kappa shape index (κ3) is 5.96. The Bertz CT molecular complexity index is 1090. The van der Waals surface area contributed by atoms with Gasteiger partial charge in [-0.3, -0.25) is 14.4 Å². The van der Waals surface area contributed by atoms with E-state index < -0.39 is 17.8 Å². The molecule has 2 heterocycles. The van der Waals surface area contributed by atoms with Crippen LogP contribution in [0, 0.1) is 0 Å². The molecule has 2 aromatic rings. The van der Waals surface area contributed by atoms with Crippen molar-refractivity contribution < 1.29 is 33.4 Å². The van der Waals surface area contributed by atoms with Crippen molar-refractivity contribution >= 4 is 57.1 Å². The van der Waals surface area contributed by atoms with E-state index in [4.69, 9.17) is 14.2 Å². The molecule has 12 heteroatoms. The van der Waals surface area contributed by atoms with Gasteiger partial charge in [0.2, 0.25) is 5.91 Å². The lowest BCUT2D eigenvalue weighted by Crippen LogP contribution is -2.41. The van der Waals surface area contributed by atoms with E-state index >= 15 is 0 Å². The number of carbonyl (C=O) groups is 4. The number of esters is 2. The number of hydrogen-bond donors (Lipinski definition) is 0. The van der Waals surface area contributed by atoms with Gasteiger partial charge >= 0.3 is 11.9 Å². The van der Waals surface area contributed by atoms with Crippen LogP contribution in [0.25, 0.3) is 10.2 Å². The van der Waals surface area contributed by atoms with E-state index in [1.807, 2.05) is 0 Å². The summed E-state index contributed by atoms with van der Waals surface area (Å²) < 4.78 is 16.9. The Morgan fingerprint density at radius 2 is 1.88 bits per heavy atom. The van der Waals surface area contributed by atoms with Crippen molar-refractivity contribution in [3.63, 3.8) is 0 Å². The molecule has 10 nitrogen and oxygen atoms in total. The van der Waals surface area contributed by atoms with E-state index in [1.165, 1.54) is 37.3 Å². The number of thiazole rings is 1. The highest BCUT2D eigenvalue weighted by Gasteiger charge is 2.18. The summed E-state index contributed by atoms with van der Waals surface area (Å²) >= 11 is 2.36. The number of carbonyl (C=O) groups excluding carboxylic acids is 4. The van der Waals surface area contributed by atoms with E-state index in [-0.39, 0.29) is 24.0 Å². The molecular formula is C20H23N3O7S2. The molecule has 0 unspecified atom stereocenters. The van der Waals surface area contributed by atoms with Crippen LogP contribution in [0.1, 0.15) is 10.4 Å². The molecule has 0 aliphatic carbocycles. The summed E-state index contributed by atoms with van der Waals surface area (Å²) in [5.74, 6) is -1.25. The van der Waals surface area contributed by atoms with Crippen molar-refractivity contribution in [2.75, 3.05) is 52.0 Å². The van der Waals surface area contributed by atoms with E-state index in [1.54, 1.807) is 27.7 Å². The van der Waals surface area contributed by atoms with Crippen LogP contribution in [-0.2, 0) is 35.1 Å². The molecular weight excluding hydrogens is 458 g/mol. The fourth-order valence-electron chi connectivity index (χ4n) is 3.02. The Balaban J connectivity index is 1.77. The number of hydrogen-bond acceptors (Lipinski definition) is 9. The predicted molar refractivity (Wildman–Crippen MR) is 118 cm³/mol. The monoisotopic (exact) mass is 481 g/mol. The SMILES string of the molecule is COC(=O)Cn1c(=NC(=O)CSCC(=O)N2CCOCC2)sc2cc(C(=O)OC)ccc21. The molecule has 1 saturated heterocycles. The van der Waals surface area contributed by atoms with E-state index in [0.717, 1.165) is 0 Å². The highest BCUT2D eigenvalue weighted by Crippen LogP contribution is 2.20. The highest BCUT2D eigenvalue weighted by atomic mass is 32.2. The summed E-state index contributed by atoms with van der Waals surface area (Å²) in [4.78, 5) is 54.5. The topological polar surface area (TPSA) is 117 Å². The van der Waals surface area contributed by atoms with Crippen LogP contribution >= 0.6 is 23.1 Å². The lowest BCUT2D eigenvalue weighted by atomic mass is 10.2. The Kier molecular flexibility index (Phi) is 8.42. The summed E-state index contributed by atoms with van der Waals surface area (Å²) in [7, 11) is 2.57. The molecule has 1 aromatic carbocycles. The Morgan fingerprint density at radius 1 is 1.12 bits per heavy atom. The molecule has 0 saturated carbocycles. The second-order valence-corrected chi connectivity index (χ2v) is 8.71. The molecule has 0 radical (unpaired) electrons. The molecule has 1 aliphatic rings. The number of aromatic nitrogens is 1. The number of fused-ring (bicyclic) bond motifs is 1. The molecule has 0 spiro atoms. The Labute approximate surface area is 192 Å². The lowest BCUT2D eigenvalue weighted by Gasteiger charge is -2.26. The van der Waals surface area contributed by atoms with Gasteiger partial charge in [-0.25, -0.2) is 4.79 Å². The van der Waals surface area contributed by atoms with Gasteiger partial charge < -0.3 is 23.7 Å². The average molecular weight is 482 g/mol. The van der Waals surface area contributed by atoms with Crippen molar-refractivity contribution in [2.24, 2.45) is 4.99 Å². The third-order valence-corrected chi connectivity index (χ3v) is 6.60. The van der Waals surface area contributed by atoms with Gasteiger partial charge in [-0.15, -0.1) is 11.8 Å². The molecule has 2 amide bonds. The minimum atomic E-state index is -0.499. The fraction of sp³-hybridized carbons (Fsp3) is 0.450. The number of ether oxygens (including phenoxy) is 3. The number of morpholine rings is 1. The standard InChI is InChI=1S/C20H23N3O7S2/c1-28-18(26)10-23-14-4-3-13(19(27)29-2)9-15(14)32-20(23)21-16(24)11-31-12-17(25)22-5-7-30-8-6-22/h3-4,9H,5-8,10-12H2,1-2H3. The van der Waals surface area contributed by atoms with Gasteiger partial charge in [-0.2, -0.15) is 4.99 Å². The van der Waals surface area contributed by atoms with Crippen molar-refractivity contribution in [2.45, 2.75) is 6.54 Å². The Hall–Kier alpha value is -2.70. The first-order chi connectivity index (χ1) is 15.4. The molecule has 0 atom stereocenters. The molecule has 3 rings (SSSR count). The first kappa shape index (κ1) is 24.0. The van der Waals surface area contributed by atoms with Crippen molar-refractivity contribution in [1.29, 1.82) is 0 Å². The zero-order valence-corrected chi connectivity index (χ0v) is 19.3. The van der Waals surface area contributed by atoms with Crippen molar-refractivity contribution in [3.05, 3.63) is 28.6 Å². The highest BCUT2D eigenvalue weighted by molar-refractivity contribution is 8.00. The predicted octanol–water partition coefficient (Wildman–Crippen LogP) is 0.682. The lowest BCUT2D eigenvalue weighted by molar-refractivity contribution is -0.141. The quantitative estimate of drug-likeness (QED) is 0.530. The molecule has 1 aliphatic heterocycles. The van der Waals surface area contributed by atoms with Crippen molar-refractivity contribution in [3.8, 4) is 0 Å². The molecule has 172 valence electrons. The number of benzene rings is 1. The van der Waals surface area contributed by atoms with Crippen LogP contribution in [0.3, 0.4) is 0 Å². The fourth-order valence-corrected chi connectivity index (χ4v) is 4.80. The minimum Gasteiger partial charge on any atom is -0.468 e. The van der Waals surface area contributed by atoms with Crippen LogP contribution in [0.15, 0.2) is 23.2 Å². The maximum absolute atomic E-state index is 12.4. The van der Waals surface area contributed by atoms with E-state index in [2.05, 4.69) is 4.99 Å². The van der Waals surface area contributed by atoms with Crippen LogP contribution in [-0.4, -0.2) is 85.2 Å². The van der Waals surface area contributed by atoms with E-state index in [0.29, 0.717) is 46.9 Å². The Morgan fingerprint density at radius 3 is 2.56 bits per heavy atom. The zero-order valence-electron chi connectivity index (χ0n) is 17.7. The number of thioether (sulfide) groups is 1. The smallest absolute Gasteiger partial charge is 0.337 e. The van der Waals surface area contributed by atoms with Gasteiger partial charge in [-0.05, 0) is 18.2 Å². The molecule has 0 bridgehead atoms. The summed E-state index contributed by atoms with van der Waals surface area (Å²) in [6.45, 7) is 2.02. The summed E-state index contributed by atoms with van der Waals surface area (Å²) in [5.41, 5.74) is 0.983. The van der Waals surface area contributed by atoms with Crippen LogP contribution in [0.5, 0.6) is 0 Å². The van der Waals surface area contributed by atoms with Gasteiger partial charge in [0.15, 0.2) is 4.80 Å². The molecule has 1 aromatic heterocycles. The van der Waals surface area contributed by atoms with Crippen LogP contribution < -0.4 is 4.80 Å². The number of methoxy groups -OCH3 is 2. The maximum Gasteiger partial charge on any atom is 0.337 e. The number of amides is 2. The summed E-state index contributed by atoms with van der Waals surface area (Å²) in [6.07, 6.45) is 0. The van der Waals surface area contributed by atoms with Crippen molar-refractivity contribution in [1.82, 2.24) is 9.47 Å². The third-order valence-electron chi connectivity index (χ3n) is 4.65. The summed E-state index contributed by atoms with van der Waals surface area (Å²) in [5, 5.41) is 0. The van der Waals surface area contributed by atoms with Gasteiger partial charge in [0.1, 0.15) is 6.54 Å². The van der Waals surface area contributed by atoms with Crippen LogP contribution in [0.4, 0.5) is 0 Å². The number of nitrogens with zero attached hydrogens (tertiary/aromatic N) is 3. The second-order valence-electron chi connectivity index (χ2n) is 6.71. The van der Waals surface area contributed by atoms with Gasteiger partial charge in [0.25, 0.3) is 5.91 Å². The first-order valence-corrected chi connectivity index (χ1v) is 11.7. The largest absolute Gasteiger partial charge is 0.468 e.